The molecule has 0 aliphatic rings. The van der Waals surface area contributed by atoms with Crippen molar-refractivity contribution in [3.63, 3.8) is 0 Å². The smallest absolute Gasteiger partial charge is 0.0579 e. The van der Waals surface area contributed by atoms with Crippen LogP contribution in [-0.2, 0) is 0 Å². The van der Waals surface area contributed by atoms with E-state index >= 15 is 0 Å². The van der Waals surface area contributed by atoms with E-state index in [0.29, 0.717) is 0 Å². The molecule has 76 valence electrons. The number of hydrogen-bond acceptors (Lipinski definition) is 2. The Morgan fingerprint density at radius 3 is 1.25 bits per heavy atom. The highest BCUT2D eigenvalue weighted by atomic mass is 35.5. The molecule has 0 fully saturated rings. The van der Waals surface area contributed by atoms with Crippen LogP contribution in [0.1, 0.15) is 40.0 Å². The molecule has 0 amide bonds. The lowest BCUT2D eigenvalue weighted by atomic mass is 10.3. The predicted octanol–water partition coefficient (Wildman–Crippen LogP) is 2.65. The molecule has 2 nitrogen and oxygen atoms in total. The highest BCUT2D eigenvalue weighted by Gasteiger charge is 1.98. The van der Waals surface area contributed by atoms with Gasteiger partial charge in [0, 0.05) is 0 Å². The third kappa shape index (κ3) is 10.2. The molecule has 0 aromatic carbocycles. The fraction of sp³-hybridized carbons (Fsp3) is 1.00. The van der Waals surface area contributed by atoms with Crippen LogP contribution in [0.25, 0.3) is 0 Å². The van der Waals surface area contributed by atoms with E-state index in [4.69, 9.17) is 4.66 Å². The van der Waals surface area contributed by atoms with Crippen molar-refractivity contribution in [2.75, 3.05) is 19.6 Å². The molecule has 0 rings (SSSR count). The maximum atomic E-state index is 6.47. The average Bonchev–Trinajstić information content (AvgIpc) is 2.10. The molecule has 12 heavy (non-hydrogen) atoms. The van der Waals surface area contributed by atoms with E-state index in [1.54, 1.807) is 0 Å². The molecule has 0 atom stereocenters. The molecule has 0 bridgehead atoms. The molecule has 0 heterocycles. The maximum Gasteiger partial charge on any atom is 0.0579 e. The van der Waals surface area contributed by atoms with Gasteiger partial charge in [-0.05, 0) is 38.9 Å². The molecule has 0 aliphatic carbocycles. The van der Waals surface area contributed by atoms with Gasteiger partial charge in [0.05, 0.1) is 11.9 Å². The Kier molecular flexibility index (Phi) is 16.9. The molecule has 0 aromatic heterocycles. The van der Waals surface area contributed by atoms with Crippen LogP contribution in [0.2, 0.25) is 0 Å². The molecular weight excluding hydrogens is 174 g/mol. The van der Waals surface area contributed by atoms with Crippen LogP contribution in [0.5, 0.6) is 0 Å². The van der Waals surface area contributed by atoms with Gasteiger partial charge in [0.25, 0.3) is 0 Å². The lowest BCUT2D eigenvalue weighted by molar-refractivity contribution is 0.275. The molecule has 0 radical (unpaired) electrons. The van der Waals surface area contributed by atoms with E-state index in [1.807, 2.05) is 0 Å². The van der Waals surface area contributed by atoms with Gasteiger partial charge in [0.15, 0.2) is 0 Å². The summed E-state index contributed by atoms with van der Waals surface area (Å²) >= 11 is 3.64. The summed E-state index contributed by atoms with van der Waals surface area (Å²) in [6.45, 7) is 10.6. The quantitative estimate of drug-likeness (QED) is 0.705. The zero-order valence-corrected chi connectivity index (χ0v) is 9.27. The minimum Gasteiger partial charge on any atom is -0.303 e. The van der Waals surface area contributed by atoms with Gasteiger partial charge in [-0.1, -0.05) is 20.8 Å². The van der Waals surface area contributed by atoms with Crippen molar-refractivity contribution in [2.45, 2.75) is 40.0 Å². The Bertz CT molecular complexity index is 57.3. The second-order valence-electron chi connectivity index (χ2n) is 2.84. The Morgan fingerprint density at radius 2 is 1.08 bits per heavy atom. The molecule has 0 aromatic rings. The summed E-state index contributed by atoms with van der Waals surface area (Å²) in [5.41, 5.74) is 0. The van der Waals surface area contributed by atoms with Crippen molar-refractivity contribution >= 4 is 11.9 Å². The summed E-state index contributed by atoms with van der Waals surface area (Å²) < 4.78 is 6.47. The molecule has 3 heteroatoms. The highest BCUT2D eigenvalue weighted by Crippen LogP contribution is 1.94. The van der Waals surface area contributed by atoms with Gasteiger partial charge >= 0.3 is 0 Å². The van der Waals surface area contributed by atoms with Gasteiger partial charge in [-0.25, -0.2) is 0 Å². The van der Waals surface area contributed by atoms with Gasteiger partial charge in [-0.2, -0.15) is 0 Å². The van der Waals surface area contributed by atoms with Crippen LogP contribution in [0.3, 0.4) is 0 Å². The van der Waals surface area contributed by atoms with Crippen molar-refractivity contribution in [2.24, 2.45) is 0 Å². The highest BCUT2D eigenvalue weighted by molar-refractivity contribution is 6.04. The minimum absolute atomic E-state index is 1.28. The average molecular weight is 196 g/mol. The molecule has 1 N–H and O–H groups in total. The predicted molar refractivity (Wildman–Crippen MR) is 55.4 cm³/mol. The zero-order chi connectivity index (χ0) is 9.82. The van der Waals surface area contributed by atoms with Crippen LogP contribution in [0, 0.1) is 0 Å². The van der Waals surface area contributed by atoms with Gasteiger partial charge in [0.2, 0.25) is 0 Å². The van der Waals surface area contributed by atoms with E-state index in [2.05, 4.69) is 37.5 Å². The molecule has 0 unspecified atom stereocenters. The van der Waals surface area contributed by atoms with Crippen molar-refractivity contribution in [1.82, 2.24) is 4.90 Å². The SMILES string of the molecule is CCCN(CCC)CCC.OCl. The van der Waals surface area contributed by atoms with E-state index in [9.17, 15) is 0 Å². The monoisotopic (exact) mass is 195 g/mol. The summed E-state index contributed by atoms with van der Waals surface area (Å²) in [4.78, 5) is 2.54. The molecule has 0 aliphatic heterocycles. The van der Waals surface area contributed by atoms with Gasteiger partial charge < -0.3 is 4.90 Å². The third-order valence-corrected chi connectivity index (χ3v) is 1.62. The second-order valence-corrected chi connectivity index (χ2v) is 2.84. The maximum absolute atomic E-state index is 6.47. The van der Waals surface area contributed by atoms with Gasteiger partial charge in [-0.15, -0.1) is 0 Å². The normalized spacial score (nSPS) is 9.50. The first kappa shape index (κ1) is 14.7. The third-order valence-electron chi connectivity index (χ3n) is 1.62. The van der Waals surface area contributed by atoms with Crippen LogP contribution in [0.4, 0.5) is 0 Å². The van der Waals surface area contributed by atoms with E-state index in [-0.39, 0.29) is 0 Å². The van der Waals surface area contributed by atoms with Crippen LogP contribution in [0.15, 0.2) is 0 Å². The Balaban J connectivity index is 0. The summed E-state index contributed by atoms with van der Waals surface area (Å²) in [6, 6.07) is 0. The lowest BCUT2D eigenvalue weighted by Gasteiger charge is -2.19. The Hall–Kier alpha value is 0.210. The first-order chi connectivity index (χ1) is 5.85. The van der Waals surface area contributed by atoms with Gasteiger partial charge in [-0.3, -0.25) is 4.66 Å². The van der Waals surface area contributed by atoms with Crippen molar-refractivity contribution in [3.8, 4) is 0 Å². The fourth-order valence-corrected chi connectivity index (χ4v) is 1.28. The Morgan fingerprint density at radius 1 is 0.833 bits per heavy atom. The summed E-state index contributed by atoms with van der Waals surface area (Å²) in [7, 11) is 0. The number of halogens is 1. The van der Waals surface area contributed by atoms with Crippen molar-refractivity contribution in [3.05, 3.63) is 0 Å². The van der Waals surface area contributed by atoms with Crippen molar-refractivity contribution in [1.29, 1.82) is 0 Å². The molecule has 0 saturated carbocycles. The zero-order valence-electron chi connectivity index (χ0n) is 8.52. The van der Waals surface area contributed by atoms with E-state index in [1.165, 1.54) is 38.9 Å². The first-order valence-electron chi connectivity index (χ1n) is 4.74. The standard InChI is InChI=1S/C9H21N.ClHO/c1-4-7-10(8-5-2)9-6-3;1-2/h4-9H2,1-3H3;2H. The number of rotatable bonds is 6. The Labute approximate surface area is 81.7 Å². The molecule has 0 spiro atoms. The fourth-order valence-electron chi connectivity index (χ4n) is 1.28. The summed E-state index contributed by atoms with van der Waals surface area (Å²) in [6.07, 6.45) is 3.88. The lowest BCUT2D eigenvalue weighted by Crippen LogP contribution is -2.25. The van der Waals surface area contributed by atoms with Crippen LogP contribution >= 0.6 is 11.9 Å². The van der Waals surface area contributed by atoms with Crippen LogP contribution < -0.4 is 0 Å². The largest absolute Gasteiger partial charge is 0.303 e. The number of hydrogen-bond donors (Lipinski definition) is 1. The number of nitrogens with zero attached hydrogens (tertiary/aromatic N) is 1. The van der Waals surface area contributed by atoms with E-state index < -0.39 is 0 Å². The van der Waals surface area contributed by atoms with Crippen LogP contribution in [-0.4, -0.2) is 29.2 Å². The summed E-state index contributed by atoms with van der Waals surface area (Å²) in [5.74, 6) is 0. The van der Waals surface area contributed by atoms with Gasteiger partial charge in [0.1, 0.15) is 0 Å². The molecule has 0 saturated heterocycles. The minimum atomic E-state index is 1.28. The topological polar surface area (TPSA) is 23.5 Å². The molecular formula is C9H22ClNO. The second kappa shape index (κ2) is 13.8. The van der Waals surface area contributed by atoms with E-state index in [0.717, 1.165) is 0 Å². The first-order valence-corrected chi connectivity index (χ1v) is 5.08. The van der Waals surface area contributed by atoms with Crippen molar-refractivity contribution < 1.29 is 4.66 Å². The summed E-state index contributed by atoms with van der Waals surface area (Å²) in [5, 5.41) is 0.